The molecule has 3 heterocycles. The number of carbonyl (C=O) groups is 1. The van der Waals surface area contributed by atoms with Crippen molar-refractivity contribution in [2.24, 2.45) is 0 Å². The number of nitriles is 1. The van der Waals surface area contributed by atoms with Crippen molar-refractivity contribution < 1.29 is 4.79 Å². The van der Waals surface area contributed by atoms with Crippen LogP contribution in [0.15, 0.2) is 42.9 Å². The molecule has 3 aromatic heterocycles. The van der Waals surface area contributed by atoms with E-state index in [1.807, 2.05) is 0 Å². The third kappa shape index (κ3) is 3.78. The van der Waals surface area contributed by atoms with Gasteiger partial charge in [-0.05, 0) is 29.8 Å². The van der Waals surface area contributed by atoms with Gasteiger partial charge in [-0.1, -0.05) is 29.3 Å². The van der Waals surface area contributed by atoms with Gasteiger partial charge >= 0.3 is 0 Å². The van der Waals surface area contributed by atoms with E-state index in [1.165, 1.54) is 24.6 Å². The molecule has 0 spiro atoms. The molecule has 0 aliphatic carbocycles. The Morgan fingerprint density at radius 3 is 2.73 bits per heavy atom. The van der Waals surface area contributed by atoms with E-state index in [9.17, 15) is 10.1 Å². The average molecular weight is 455 g/mol. The standard InChI is InChI=1S/C20H12Cl2N6OS/c1-10(29)27-16-6-11(4-5-24-16)18-14(8-23)17(13-3-2-12(21)7-15(13)22)19(30-18)20-25-9-26-28-20/h2-7,9H,1H3,(H,24,27,29)(H,25,26,28). The SMILES string of the molecule is CC(=O)Nc1cc(-c2sc(-c3nnc[nH]3)c(-c3ccc(Cl)cc3Cl)c2C#N)ccn1. The largest absolute Gasteiger partial charge is 0.327 e. The normalized spacial score (nSPS) is 10.6. The van der Waals surface area contributed by atoms with Gasteiger partial charge < -0.3 is 10.3 Å². The van der Waals surface area contributed by atoms with E-state index >= 15 is 0 Å². The highest BCUT2D eigenvalue weighted by Gasteiger charge is 2.25. The van der Waals surface area contributed by atoms with Crippen molar-refractivity contribution in [1.82, 2.24) is 20.2 Å². The van der Waals surface area contributed by atoms with E-state index in [-0.39, 0.29) is 5.91 Å². The third-order valence-corrected chi connectivity index (χ3v) is 5.97. The summed E-state index contributed by atoms with van der Waals surface area (Å²) in [5.74, 6) is 0.673. The van der Waals surface area contributed by atoms with Gasteiger partial charge in [0.15, 0.2) is 5.82 Å². The fourth-order valence-corrected chi connectivity index (χ4v) is 4.71. The minimum absolute atomic E-state index is 0.234. The molecule has 0 fully saturated rings. The van der Waals surface area contributed by atoms with E-state index in [2.05, 4.69) is 31.6 Å². The van der Waals surface area contributed by atoms with Crippen molar-refractivity contribution >= 4 is 46.3 Å². The number of anilines is 1. The lowest BCUT2D eigenvalue weighted by Gasteiger charge is -2.07. The summed E-state index contributed by atoms with van der Waals surface area (Å²) in [6.45, 7) is 1.41. The number of H-pyrrole nitrogens is 1. The zero-order chi connectivity index (χ0) is 21.3. The molecule has 2 N–H and O–H groups in total. The van der Waals surface area contributed by atoms with E-state index in [4.69, 9.17) is 23.2 Å². The molecule has 1 aromatic carbocycles. The zero-order valence-corrected chi connectivity index (χ0v) is 17.7. The van der Waals surface area contributed by atoms with Crippen molar-refractivity contribution in [2.75, 3.05) is 5.32 Å². The number of amides is 1. The molecule has 10 heteroatoms. The van der Waals surface area contributed by atoms with E-state index < -0.39 is 0 Å². The number of nitrogens with one attached hydrogen (secondary N) is 2. The number of nitrogens with zero attached hydrogens (tertiary/aromatic N) is 4. The molecule has 0 saturated heterocycles. The number of pyridine rings is 1. The maximum Gasteiger partial charge on any atom is 0.222 e. The number of halogens is 2. The monoisotopic (exact) mass is 454 g/mol. The van der Waals surface area contributed by atoms with Crippen molar-refractivity contribution in [2.45, 2.75) is 6.92 Å². The fraction of sp³-hybridized carbons (Fsp3) is 0.0500. The van der Waals surface area contributed by atoms with Crippen LogP contribution in [0.1, 0.15) is 12.5 Å². The molecule has 0 saturated carbocycles. The van der Waals surface area contributed by atoms with Crippen molar-refractivity contribution in [3.05, 3.63) is 58.5 Å². The van der Waals surface area contributed by atoms with Gasteiger partial charge in [0.25, 0.3) is 0 Å². The van der Waals surface area contributed by atoms with E-state index in [0.717, 1.165) is 5.56 Å². The number of aromatic nitrogens is 4. The molecular formula is C20H12Cl2N6OS. The summed E-state index contributed by atoms with van der Waals surface area (Å²) in [7, 11) is 0. The van der Waals surface area contributed by atoms with Crippen molar-refractivity contribution in [1.29, 1.82) is 5.26 Å². The Hall–Kier alpha value is -3.25. The molecule has 7 nitrogen and oxygen atoms in total. The summed E-state index contributed by atoms with van der Waals surface area (Å²) in [6, 6.07) is 10.9. The van der Waals surface area contributed by atoms with Gasteiger partial charge in [-0.15, -0.1) is 21.5 Å². The van der Waals surface area contributed by atoms with Crippen LogP contribution in [0.5, 0.6) is 0 Å². The molecular weight excluding hydrogens is 443 g/mol. The molecule has 148 valence electrons. The maximum atomic E-state index is 11.4. The number of rotatable bonds is 4. The minimum atomic E-state index is -0.234. The third-order valence-electron chi connectivity index (χ3n) is 4.18. The second kappa shape index (κ2) is 8.24. The summed E-state index contributed by atoms with van der Waals surface area (Å²) in [6.07, 6.45) is 3.04. The van der Waals surface area contributed by atoms with Crippen LogP contribution in [0.3, 0.4) is 0 Å². The Morgan fingerprint density at radius 2 is 2.07 bits per heavy atom. The van der Waals surface area contributed by atoms with Crippen LogP contribution < -0.4 is 5.32 Å². The number of thiophene rings is 1. The average Bonchev–Trinajstić information content (AvgIpc) is 3.35. The highest BCUT2D eigenvalue weighted by atomic mass is 35.5. The van der Waals surface area contributed by atoms with Gasteiger partial charge in [0.1, 0.15) is 18.2 Å². The molecule has 0 bridgehead atoms. The number of benzene rings is 1. The minimum Gasteiger partial charge on any atom is -0.327 e. The van der Waals surface area contributed by atoms with Gasteiger partial charge in [0, 0.05) is 34.3 Å². The summed E-state index contributed by atoms with van der Waals surface area (Å²) < 4.78 is 0. The van der Waals surface area contributed by atoms with Crippen LogP contribution in [0, 0.1) is 11.3 Å². The Balaban J connectivity index is 1.98. The van der Waals surface area contributed by atoms with Crippen molar-refractivity contribution in [3.63, 3.8) is 0 Å². The Morgan fingerprint density at radius 1 is 1.23 bits per heavy atom. The number of carbonyl (C=O) groups excluding carboxylic acids is 1. The number of hydrogen-bond donors (Lipinski definition) is 2. The lowest BCUT2D eigenvalue weighted by Crippen LogP contribution is -2.07. The predicted octanol–water partition coefficient (Wildman–Crippen LogP) is 5.40. The highest BCUT2D eigenvalue weighted by Crippen LogP contribution is 2.48. The summed E-state index contributed by atoms with van der Waals surface area (Å²) in [5, 5.41) is 21.6. The van der Waals surface area contributed by atoms with Crippen molar-refractivity contribution in [3.8, 4) is 38.3 Å². The molecule has 0 aliphatic rings. The second-order valence-corrected chi connectivity index (χ2v) is 8.06. The fourth-order valence-electron chi connectivity index (χ4n) is 2.99. The number of hydrogen-bond acceptors (Lipinski definition) is 6. The molecule has 4 rings (SSSR count). The Kier molecular flexibility index (Phi) is 5.50. The van der Waals surface area contributed by atoms with Crippen LogP contribution in [0.4, 0.5) is 5.82 Å². The van der Waals surface area contributed by atoms with Gasteiger partial charge in [-0.2, -0.15) is 5.26 Å². The maximum absolute atomic E-state index is 11.4. The van der Waals surface area contributed by atoms with Crippen LogP contribution in [-0.4, -0.2) is 26.1 Å². The zero-order valence-electron chi connectivity index (χ0n) is 15.4. The van der Waals surface area contributed by atoms with Crippen LogP contribution in [0.25, 0.3) is 32.3 Å². The quantitative estimate of drug-likeness (QED) is 0.429. The molecule has 0 atom stereocenters. The first-order valence-electron chi connectivity index (χ1n) is 8.60. The first-order chi connectivity index (χ1) is 14.5. The first kappa shape index (κ1) is 20.0. The van der Waals surface area contributed by atoms with Gasteiger partial charge in [0.2, 0.25) is 5.91 Å². The highest BCUT2D eigenvalue weighted by molar-refractivity contribution is 7.19. The summed E-state index contributed by atoms with van der Waals surface area (Å²) in [5.41, 5.74) is 2.44. The molecule has 0 radical (unpaired) electrons. The van der Waals surface area contributed by atoms with Gasteiger partial charge in [-0.3, -0.25) is 4.79 Å². The lowest BCUT2D eigenvalue weighted by molar-refractivity contribution is -0.114. The molecule has 1 amide bonds. The van der Waals surface area contributed by atoms with Gasteiger partial charge in [0.05, 0.1) is 15.3 Å². The first-order valence-corrected chi connectivity index (χ1v) is 10.2. The molecule has 4 aromatic rings. The van der Waals surface area contributed by atoms with Gasteiger partial charge in [-0.25, -0.2) is 4.98 Å². The molecule has 30 heavy (non-hydrogen) atoms. The lowest BCUT2D eigenvalue weighted by atomic mass is 9.98. The molecule has 0 aliphatic heterocycles. The van der Waals surface area contributed by atoms with E-state index in [1.54, 1.807) is 36.5 Å². The molecule has 0 unspecified atom stereocenters. The summed E-state index contributed by atoms with van der Waals surface area (Å²) in [4.78, 5) is 19.9. The second-order valence-electron chi connectivity index (χ2n) is 6.19. The smallest absolute Gasteiger partial charge is 0.222 e. The van der Waals surface area contributed by atoms with E-state index in [0.29, 0.717) is 48.1 Å². The number of aromatic amines is 1. The topological polar surface area (TPSA) is 107 Å². The van der Waals surface area contributed by atoms with Crippen LogP contribution in [0.2, 0.25) is 10.0 Å². The summed E-state index contributed by atoms with van der Waals surface area (Å²) >= 11 is 13.9. The Labute approximate surface area is 185 Å². The Bertz CT molecular complexity index is 1290. The van der Waals surface area contributed by atoms with Crippen LogP contribution >= 0.6 is 34.5 Å². The predicted molar refractivity (Wildman–Crippen MR) is 117 cm³/mol. The van der Waals surface area contributed by atoms with Crippen LogP contribution in [-0.2, 0) is 4.79 Å².